The molecule has 3 rings (SSSR count). The number of hydrogen-bond acceptors (Lipinski definition) is 4. The predicted octanol–water partition coefficient (Wildman–Crippen LogP) is 4.25. The minimum atomic E-state index is -0.421. The fourth-order valence-electron chi connectivity index (χ4n) is 2.33. The Morgan fingerprint density at radius 1 is 1.12 bits per heavy atom. The van der Waals surface area contributed by atoms with Gasteiger partial charge >= 0.3 is 0 Å². The molecule has 0 saturated carbocycles. The van der Waals surface area contributed by atoms with Crippen molar-refractivity contribution >= 4 is 29.0 Å². The van der Waals surface area contributed by atoms with Crippen LogP contribution in [0.15, 0.2) is 54.6 Å². The molecule has 0 aliphatic heterocycles. The van der Waals surface area contributed by atoms with Gasteiger partial charge in [-0.05, 0) is 48.9 Å². The summed E-state index contributed by atoms with van der Waals surface area (Å²) in [5.74, 6) is -0.284. The summed E-state index contributed by atoms with van der Waals surface area (Å²) in [5, 5.41) is 14.3. The van der Waals surface area contributed by atoms with Gasteiger partial charge in [-0.1, -0.05) is 29.8 Å². The molecule has 132 valence electrons. The molecule has 7 heteroatoms. The zero-order valence-corrected chi connectivity index (χ0v) is 14.7. The summed E-state index contributed by atoms with van der Waals surface area (Å²) >= 11 is 5.94. The van der Waals surface area contributed by atoms with Gasteiger partial charge in [-0.25, -0.2) is 4.39 Å². The molecule has 0 atom stereocenters. The lowest BCUT2D eigenvalue weighted by Gasteiger charge is -2.09. The highest BCUT2D eigenvalue weighted by atomic mass is 35.5. The van der Waals surface area contributed by atoms with E-state index in [0.717, 1.165) is 11.3 Å². The van der Waals surface area contributed by atoms with Gasteiger partial charge in [0.1, 0.15) is 5.82 Å². The Bertz CT molecular complexity index is 931. The number of amides is 1. The molecule has 0 spiro atoms. The van der Waals surface area contributed by atoms with E-state index in [9.17, 15) is 9.18 Å². The lowest BCUT2D eigenvalue weighted by atomic mass is 10.2. The molecule has 0 fully saturated rings. The second-order valence-corrected chi connectivity index (χ2v) is 6.10. The first kappa shape index (κ1) is 17.8. The van der Waals surface area contributed by atoms with Crippen molar-refractivity contribution in [2.24, 2.45) is 0 Å². The number of nitrogens with zero attached hydrogens (tertiary/aromatic N) is 2. The third-order valence-corrected chi connectivity index (χ3v) is 3.98. The Morgan fingerprint density at radius 2 is 1.92 bits per heavy atom. The van der Waals surface area contributed by atoms with Gasteiger partial charge in [0.15, 0.2) is 11.5 Å². The molecule has 1 aromatic heterocycles. The highest BCUT2D eigenvalue weighted by molar-refractivity contribution is 6.30. The highest BCUT2D eigenvalue weighted by Gasteiger charge is 2.10. The smallest absolute Gasteiger partial charge is 0.272 e. The van der Waals surface area contributed by atoms with Crippen molar-refractivity contribution < 1.29 is 9.18 Å². The van der Waals surface area contributed by atoms with Gasteiger partial charge in [-0.2, -0.15) is 0 Å². The molecule has 3 aromatic rings. The van der Waals surface area contributed by atoms with Crippen molar-refractivity contribution in [2.75, 3.05) is 5.32 Å². The van der Waals surface area contributed by atoms with E-state index in [0.29, 0.717) is 16.4 Å². The lowest BCUT2D eigenvalue weighted by molar-refractivity contribution is 0.0944. The third kappa shape index (κ3) is 4.34. The number of aryl methyl sites for hydroxylation is 1. The van der Waals surface area contributed by atoms with Crippen molar-refractivity contribution in [1.82, 2.24) is 15.5 Å². The summed E-state index contributed by atoms with van der Waals surface area (Å²) in [6.45, 7) is 2.00. The number of carbonyl (C=O) groups is 1. The zero-order chi connectivity index (χ0) is 18.5. The Balaban J connectivity index is 1.63. The molecule has 0 radical (unpaired) electrons. The number of benzene rings is 2. The number of hydrogen-bond donors (Lipinski definition) is 2. The summed E-state index contributed by atoms with van der Waals surface area (Å²) in [4.78, 5) is 12.1. The maximum Gasteiger partial charge on any atom is 0.272 e. The van der Waals surface area contributed by atoms with Gasteiger partial charge in [0.25, 0.3) is 5.91 Å². The molecule has 1 amide bonds. The molecule has 26 heavy (non-hydrogen) atoms. The van der Waals surface area contributed by atoms with Crippen LogP contribution in [-0.2, 0) is 6.54 Å². The molecule has 1 heterocycles. The monoisotopic (exact) mass is 370 g/mol. The van der Waals surface area contributed by atoms with E-state index in [1.165, 1.54) is 6.07 Å². The molecule has 2 N–H and O–H groups in total. The van der Waals surface area contributed by atoms with Gasteiger partial charge in [-0.3, -0.25) is 4.79 Å². The standard InChI is InChI=1S/C19H16ClFN4O/c1-12-10-14(20)6-7-16(12)23-18-9-8-17(24-25-18)19(26)22-11-13-4-2-3-5-15(13)21/h2-10H,11H2,1H3,(H,22,26)(H,23,25). The van der Waals surface area contributed by atoms with Gasteiger partial charge < -0.3 is 10.6 Å². The van der Waals surface area contributed by atoms with Crippen molar-refractivity contribution in [3.05, 3.63) is 82.3 Å². The third-order valence-electron chi connectivity index (χ3n) is 3.75. The van der Waals surface area contributed by atoms with Gasteiger partial charge in [-0.15, -0.1) is 10.2 Å². The van der Waals surface area contributed by atoms with Crippen molar-refractivity contribution in [3.8, 4) is 0 Å². The topological polar surface area (TPSA) is 66.9 Å². The van der Waals surface area contributed by atoms with Gasteiger partial charge in [0.2, 0.25) is 0 Å². The average molecular weight is 371 g/mol. The Kier molecular flexibility index (Phi) is 5.43. The first-order valence-electron chi connectivity index (χ1n) is 7.91. The van der Waals surface area contributed by atoms with Crippen LogP contribution in [0.25, 0.3) is 0 Å². The first-order chi connectivity index (χ1) is 12.5. The Labute approximate surface area is 155 Å². The number of halogens is 2. The molecule has 0 aliphatic carbocycles. The summed E-state index contributed by atoms with van der Waals surface area (Å²) in [5.41, 5.74) is 2.37. The second-order valence-electron chi connectivity index (χ2n) is 5.66. The van der Waals surface area contributed by atoms with Crippen LogP contribution in [-0.4, -0.2) is 16.1 Å². The molecule has 5 nitrogen and oxygen atoms in total. The van der Waals surface area contributed by atoms with E-state index >= 15 is 0 Å². The van der Waals surface area contributed by atoms with E-state index < -0.39 is 5.91 Å². The van der Waals surface area contributed by atoms with E-state index in [1.807, 2.05) is 19.1 Å². The van der Waals surface area contributed by atoms with E-state index in [2.05, 4.69) is 20.8 Å². The van der Waals surface area contributed by atoms with E-state index in [4.69, 9.17) is 11.6 Å². The van der Waals surface area contributed by atoms with Gasteiger partial charge in [0, 0.05) is 22.8 Å². The summed E-state index contributed by atoms with van der Waals surface area (Å²) < 4.78 is 13.6. The summed E-state index contributed by atoms with van der Waals surface area (Å²) in [7, 11) is 0. The Hall–Kier alpha value is -2.99. The van der Waals surface area contributed by atoms with Crippen LogP contribution in [0.1, 0.15) is 21.6 Å². The van der Waals surface area contributed by atoms with Crippen LogP contribution >= 0.6 is 11.6 Å². The van der Waals surface area contributed by atoms with Crippen LogP contribution in [0.2, 0.25) is 5.02 Å². The van der Waals surface area contributed by atoms with Crippen molar-refractivity contribution in [1.29, 1.82) is 0 Å². The second kappa shape index (κ2) is 7.93. The lowest BCUT2D eigenvalue weighted by Crippen LogP contribution is -2.24. The largest absolute Gasteiger partial charge is 0.346 e. The number of nitrogens with one attached hydrogen (secondary N) is 2. The molecule has 0 unspecified atom stereocenters. The fourth-order valence-corrected chi connectivity index (χ4v) is 2.56. The number of aromatic nitrogens is 2. The normalized spacial score (nSPS) is 10.4. The molecular weight excluding hydrogens is 355 g/mol. The first-order valence-corrected chi connectivity index (χ1v) is 8.29. The average Bonchev–Trinajstić information content (AvgIpc) is 2.64. The van der Waals surface area contributed by atoms with Crippen LogP contribution in [0, 0.1) is 12.7 Å². The van der Waals surface area contributed by atoms with E-state index in [-0.39, 0.29) is 18.1 Å². The van der Waals surface area contributed by atoms with Crippen LogP contribution in [0.5, 0.6) is 0 Å². The van der Waals surface area contributed by atoms with Crippen molar-refractivity contribution in [3.63, 3.8) is 0 Å². The fraction of sp³-hybridized carbons (Fsp3) is 0.105. The minimum Gasteiger partial charge on any atom is -0.346 e. The number of anilines is 2. The predicted molar refractivity (Wildman–Crippen MR) is 99.1 cm³/mol. The highest BCUT2D eigenvalue weighted by Crippen LogP contribution is 2.22. The Morgan fingerprint density at radius 3 is 2.62 bits per heavy atom. The van der Waals surface area contributed by atoms with Crippen LogP contribution in [0.4, 0.5) is 15.9 Å². The van der Waals surface area contributed by atoms with Crippen LogP contribution < -0.4 is 10.6 Å². The SMILES string of the molecule is Cc1cc(Cl)ccc1Nc1ccc(C(=O)NCc2ccccc2F)nn1. The number of carbonyl (C=O) groups excluding carboxylic acids is 1. The summed E-state index contributed by atoms with van der Waals surface area (Å²) in [6.07, 6.45) is 0. The minimum absolute atomic E-state index is 0.0805. The quantitative estimate of drug-likeness (QED) is 0.704. The molecule has 0 bridgehead atoms. The maximum absolute atomic E-state index is 13.6. The van der Waals surface area contributed by atoms with E-state index in [1.54, 1.807) is 36.4 Å². The molecular formula is C19H16ClFN4O. The maximum atomic E-state index is 13.6. The molecule has 2 aromatic carbocycles. The molecule has 0 saturated heterocycles. The molecule has 0 aliphatic rings. The van der Waals surface area contributed by atoms with Gasteiger partial charge in [0.05, 0.1) is 0 Å². The zero-order valence-electron chi connectivity index (χ0n) is 14.0. The number of rotatable bonds is 5. The van der Waals surface area contributed by atoms with Crippen LogP contribution in [0.3, 0.4) is 0 Å². The van der Waals surface area contributed by atoms with Crippen molar-refractivity contribution in [2.45, 2.75) is 13.5 Å². The summed E-state index contributed by atoms with van der Waals surface area (Å²) in [6, 6.07) is 14.9.